The molecular weight excluding hydrogens is 228 g/mol. The molecule has 1 aliphatic carbocycles. The summed E-state index contributed by atoms with van der Waals surface area (Å²) < 4.78 is 0. The molecule has 1 aromatic carbocycles. The zero-order valence-corrected chi connectivity index (χ0v) is 11.4. The van der Waals surface area contributed by atoms with Crippen molar-refractivity contribution in [3.63, 3.8) is 0 Å². The van der Waals surface area contributed by atoms with Crippen LogP contribution >= 0.6 is 12.2 Å². The van der Waals surface area contributed by atoms with Crippen molar-refractivity contribution in [2.45, 2.75) is 38.6 Å². The lowest BCUT2D eigenvalue weighted by atomic mass is 10.1. The lowest BCUT2D eigenvalue weighted by Crippen LogP contribution is -2.30. The van der Waals surface area contributed by atoms with Crippen LogP contribution in [0.15, 0.2) is 18.2 Å². The van der Waals surface area contributed by atoms with Gasteiger partial charge in [-0.25, -0.2) is 0 Å². The third kappa shape index (κ3) is 2.60. The summed E-state index contributed by atoms with van der Waals surface area (Å²) in [6.45, 7) is 2.07. The highest BCUT2D eigenvalue weighted by Gasteiger charge is 2.21. The number of rotatable bonds is 3. The van der Waals surface area contributed by atoms with Crippen molar-refractivity contribution < 1.29 is 0 Å². The predicted molar refractivity (Wildman–Crippen MR) is 77.7 cm³/mol. The fourth-order valence-electron chi connectivity index (χ4n) is 2.64. The van der Waals surface area contributed by atoms with Gasteiger partial charge in [0.05, 0.1) is 0 Å². The number of benzene rings is 1. The molecule has 92 valence electrons. The van der Waals surface area contributed by atoms with E-state index in [0.717, 1.165) is 5.56 Å². The monoisotopic (exact) mass is 248 g/mol. The Morgan fingerprint density at radius 1 is 1.35 bits per heavy atom. The topological polar surface area (TPSA) is 29.3 Å². The highest BCUT2D eigenvalue weighted by Crippen LogP contribution is 2.29. The predicted octanol–water partition coefficient (Wildman–Crippen LogP) is 3.01. The molecule has 0 heterocycles. The molecule has 0 bridgehead atoms. The van der Waals surface area contributed by atoms with Crippen LogP contribution < -0.4 is 10.6 Å². The fraction of sp³-hybridized carbons (Fsp3) is 0.500. The molecule has 17 heavy (non-hydrogen) atoms. The Labute approximate surface area is 109 Å². The maximum absolute atomic E-state index is 5.82. The Bertz CT molecular complexity index is 422. The molecule has 3 heteroatoms. The van der Waals surface area contributed by atoms with Crippen molar-refractivity contribution >= 4 is 22.9 Å². The van der Waals surface area contributed by atoms with Crippen molar-refractivity contribution in [3.8, 4) is 0 Å². The SMILES string of the molecule is Cc1ccc(N(C)C2CCCC2)c(C(N)=S)c1. The molecule has 0 unspecified atom stereocenters. The Morgan fingerprint density at radius 3 is 2.59 bits per heavy atom. The standard InChI is InChI=1S/C14H20N2S/c1-10-7-8-13(12(9-10)14(15)17)16(2)11-5-3-4-6-11/h7-9,11H,3-6H2,1-2H3,(H2,15,17). The van der Waals surface area contributed by atoms with E-state index in [1.807, 2.05) is 0 Å². The van der Waals surface area contributed by atoms with Crippen molar-refractivity contribution in [1.29, 1.82) is 0 Å². The molecule has 0 radical (unpaired) electrons. The van der Waals surface area contributed by atoms with E-state index in [2.05, 4.69) is 37.1 Å². The van der Waals surface area contributed by atoms with Crippen LogP contribution in [0.1, 0.15) is 36.8 Å². The van der Waals surface area contributed by atoms with Gasteiger partial charge in [0.25, 0.3) is 0 Å². The molecule has 1 aromatic rings. The Kier molecular flexibility index (Phi) is 3.67. The summed E-state index contributed by atoms with van der Waals surface area (Å²) in [5.74, 6) is 0. The van der Waals surface area contributed by atoms with Gasteiger partial charge >= 0.3 is 0 Å². The van der Waals surface area contributed by atoms with Gasteiger partial charge in [-0.2, -0.15) is 0 Å². The van der Waals surface area contributed by atoms with Crippen LogP contribution in [0.25, 0.3) is 0 Å². The van der Waals surface area contributed by atoms with Crippen LogP contribution in [-0.2, 0) is 0 Å². The minimum Gasteiger partial charge on any atom is -0.389 e. The van der Waals surface area contributed by atoms with Crippen molar-refractivity contribution in [2.24, 2.45) is 5.73 Å². The van der Waals surface area contributed by atoms with E-state index < -0.39 is 0 Å². The first-order chi connectivity index (χ1) is 8.09. The molecule has 1 aliphatic rings. The second-order valence-corrected chi connectivity index (χ2v) is 5.37. The second-order valence-electron chi connectivity index (χ2n) is 4.93. The maximum Gasteiger partial charge on any atom is 0.106 e. The molecule has 1 fully saturated rings. The quantitative estimate of drug-likeness (QED) is 0.834. The first kappa shape index (κ1) is 12.4. The van der Waals surface area contributed by atoms with Crippen LogP contribution in [0.4, 0.5) is 5.69 Å². The summed E-state index contributed by atoms with van der Waals surface area (Å²) in [5, 5.41) is 0. The van der Waals surface area contributed by atoms with E-state index in [1.54, 1.807) is 0 Å². The molecule has 2 rings (SSSR count). The molecule has 2 N–H and O–H groups in total. The average molecular weight is 248 g/mol. The van der Waals surface area contributed by atoms with Crippen molar-refractivity contribution in [2.75, 3.05) is 11.9 Å². The zero-order valence-electron chi connectivity index (χ0n) is 10.6. The minimum atomic E-state index is 0.494. The molecule has 0 spiro atoms. The van der Waals surface area contributed by atoms with Crippen LogP contribution in [-0.4, -0.2) is 18.1 Å². The lowest BCUT2D eigenvalue weighted by molar-refractivity contribution is 0.653. The minimum absolute atomic E-state index is 0.494. The van der Waals surface area contributed by atoms with E-state index in [4.69, 9.17) is 18.0 Å². The maximum atomic E-state index is 5.82. The van der Waals surface area contributed by atoms with Crippen LogP contribution in [0.2, 0.25) is 0 Å². The van der Waals surface area contributed by atoms with Gasteiger partial charge < -0.3 is 10.6 Å². The van der Waals surface area contributed by atoms with Gasteiger partial charge in [-0.3, -0.25) is 0 Å². The Balaban J connectivity index is 2.33. The van der Waals surface area contributed by atoms with Gasteiger partial charge in [0.15, 0.2) is 0 Å². The van der Waals surface area contributed by atoms with Crippen molar-refractivity contribution in [1.82, 2.24) is 0 Å². The smallest absolute Gasteiger partial charge is 0.106 e. The van der Waals surface area contributed by atoms with Gasteiger partial charge in [0.1, 0.15) is 4.99 Å². The molecule has 0 saturated heterocycles. The Morgan fingerprint density at radius 2 is 2.00 bits per heavy atom. The summed E-state index contributed by atoms with van der Waals surface area (Å²) >= 11 is 5.15. The summed E-state index contributed by atoms with van der Waals surface area (Å²) in [7, 11) is 2.16. The molecule has 0 aliphatic heterocycles. The third-order valence-electron chi connectivity index (χ3n) is 3.67. The van der Waals surface area contributed by atoms with E-state index >= 15 is 0 Å². The molecule has 0 amide bonds. The summed E-state index contributed by atoms with van der Waals surface area (Å²) in [4.78, 5) is 2.84. The molecule has 1 saturated carbocycles. The van der Waals surface area contributed by atoms with E-state index in [1.165, 1.54) is 36.9 Å². The van der Waals surface area contributed by atoms with Gasteiger partial charge in [-0.1, -0.05) is 36.7 Å². The lowest BCUT2D eigenvalue weighted by Gasteiger charge is -2.28. The molecular formula is C14H20N2S. The van der Waals surface area contributed by atoms with Gasteiger partial charge in [-0.15, -0.1) is 0 Å². The number of aryl methyl sites for hydroxylation is 1. The highest BCUT2D eigenvalue weighted by molar-refractivity contribution is 7.80. The van der Waals surface area contributed by atoms with Crippen LogP contribution in [0.3, 0.4) is 0 Å². The number of nitrogens with two attached hydrogens (primary N) is 1. The van der Waals surface area contributed by atoms with Gasteiger partial charge in [-0.05, 0) is 31.9 Å². The number of hydrogen-bond donors (Lipinski definition) is 1. The zero-order chi connectivity index (χ0) is 12.4. The first-order valence-corrected chi connectivity index (χ1v) is 6.63. The summed E-state index contributed by atoms with van der Waals surface area (Å²) in [6.07, 6.45) is 5.23. The molecule has 2 nitrogen and oxygen atoms in total. The Hall–Kier alpha value is -1.09. The first-order valence-electron chi connectivity index (χ1n) is 6.23. The highest BCUT2D eigenvalue weighted by atomic mass is 32.1. The van der Waals surface area contributed by atoms with Crippen LogP contribution in [0, 0.1) is 6.92 Å². The number of hydrogen-bond acceptors (Lipinski definition) is 2. The average Bonchev–Trinajstić information content (AvgIpc) is 2.81. The fourth-order valence-corrected chi connectivity index (χ4v) is 2.81. The molecule has 0 aromatic heterocycles. The third-order valence-corrected chi connectivity index (χ3v) is 3.89. The van der Waals surface area contributed by atoms with Crippen molar-refractivity contribution in [3.05, 3.63) is 29.3 Å². The number of anilines is 1. The van der Waals surface area contributed by atoms with E-state index in [0.29, 0.717) is 11.0 Å². The number of thiocarbonyl (C=S) groups is 1. The number of nitrogens with zero attached hydrogens (tertiary/aromatic N) is 1. The second kappa shape index (κ2) is 5.05. The van der Waals surface area contributed by atoms with Gasteiger partial charge in [0.2, 0.25) is 0 Å². The molecule has 0 atom stereocenters. The summed E-state index contributed by atoms with van der Waals surface area (Å²) in [6, 6.07) is 7.00. The normalized spacial score (nSPS) is 16.1. The van der Waals surface area contributed by atoms with Gasteiger partial charge in [0, 0.05) is 24.3 Å². The van der Waals surface area contributed by atoms with Crippen LogP contribution in [0.5, 0.6) is 0 Å². The van der Waals surface area contributed by atoms with E-state index in [9.17, 15) is 0 Å². The van der Waals surface area contributed by atoms with E-state index in [-0.39, 0.29) is 0 Å². The summed E-state index contributed by atoms with van der Waals surface area (Å²) in [5.41, 5.74) is 9.21. The largest absolute Gasteiger partial charge is 0.389 e.